The Hall–Kier alpha value is -1.36. The van der Waals surface area contributed by atoms with Gasteiger partial charge in [-0.05, 0) is 86.0 Å². The Kier molecular flexibility index (Phi) is 3.94. The Bertz CT molecular complexity index is 626. The first kappa shape index (κ1) is 16.1. The van der Waals surface area contributed by atoms with E-state index < -0.39 is 0 Å². The highest BCUT2D eigenvalue weighted by Crippen LogP contribution is 2.66. The molecule has 0 aromatic carbocycles. The lowest BCUT2D eigenvalue weighted by atomic mass is 9.48. The molecule has 3 saturated carbocycles. The van der Waals surface area contributed by atoms with Crippen molar-refractivity contribution in [1.82, 2.24) is 0 Å². The molecule has 0 N–H and O–H groups in total. The lowest BCUT2D eigenvalue weighted by Crippen LogP contribution is -2.50. The third-order valence-electron chi connectivity index (χ3n) is 8.22. The number of carbonyl (C=O) groups is 1. The van der Waals surface area contributed by atoms with Gasteiger partial charge in [0, 0.05) is 6.42 Å². The summed E-state index contributed by atoms with van der Waals surface area (Å²) in [5.41, 5.74) is 1.67. The van der Waals surface area contributed by atoms with Crippen LogP contribution in [0.15, 0.2) is 24.3 Å². The number of hydrogen-bond acceptors (Lipinski definition) is 2. The van der Waals surface area contributed by atoms with Gasteiger partial charge in [-0.2, -0.15) is 5.26 Å². The summed E-state index contributed by atoms with van der Waals surface area (Å²) in [6.07, 6.45) is 12.9. The monoisotopic (exact) mass is 323 g/mol. The van der Waals surface area contributed by atoms with Crippen molar-refractivity contribution in [2.24, 2.45) is 40.9 Å². The number of nitriles is 1. The molecule has 0 bridgehead atoms. The number of carbonyl (C=O) groups excluding carboxylic acids is 1. The SMILES string of the molecule is C=C[C@@H]1CC2=CC(=O)CC[C@@H]2[C@H]2CC[C@]3(CC)C(C#N)CC[C@H]3[C@@H]21. The number of nitrogens with zero attached hydrogens (tertiary/aromatic N) is 1. The van der Waals surface area contributed by atoms with E-state index in [4.69, 9.17) is 0 Å². The minimum atomic E-state index is 0.253. The highest BCUT2D eigenvalue weighted by atomic mass is 16.1. The van der Waals surface area contributed by atoms with Gasteiger partial charge in [-0.3, -0.25) is 4.79 Å². The molecule has 1 unspecified atom stereocenters. The van der Waals surface area contributed by atoms with E-state index in [0.29, 0.717) is 35.4 Å². The van der Waals surface area contributed by atoms with Crippen LogP contribution in [0.2, 0.25) is 0 Å². The molecule has 4 aliphatic rings. The topological polar surface area (TPSA) is 40.9 Å². The number of fused-ring (bicyclic) bond motifs is 5. The summed E-state index contributed by atoms with van der Waals surface area (Å²) >= 11 is 0. The first-order chi connectivity index (χ1) is 11.6. The quantitative estimate of drug-likeness (QED) is 0.666. The largest absolute Gasteiger partial charge is 0.295 e. The van der Waals surface area contributed by atoms with Crippen molar-refractivity contribution in [2.75, 3.05) is 0 Å². The van der Waals surface area contributed by atoms with Gasteiger partial charge in [-0.15, -0.1) is 6.58 Å². The van der Waals surface area contributed by atoms with Crippen molar-refractivity contribution in [3.63, 3.8) is 0 Å². The van der Waals surface area contributed by atoms with Crippen molar-refractivity contribution in [3.05, 3.63) is 24.3 Å². The normalized spacial score (nSPS) is 47.0. The number of rotatable bonds is 2. The van der Waals surface area contributed by atoms with E-state index >= 15 is 0 Å². The predicted molar refractivity (Wildman–Crippen MR) is 94.9 cm³/mol. The van der Waals surface area contributed by atoms with Gasteiger partial charge in [-0.25, -0.2) is 0 Å². The van der Waals surface area contributed by atoms with Crippen LogP contribution in [-0.4, -0.2) is 5.78 Å². The van der Waals surface area contributed by atoms with Gasteiger partial charge in [0.2, 0.25) is 0 Å². The minimum absolute atomic E-state index is 0.253. The smallest absolute Gasteiger partial charge is 0.155 e. The molecule has 4 rings (SSSR count). The average Bonchev–Trinajstić information content (AvgIpc) is 2.99. The second-order valence-corrected chi connectivity index (χ2v) is 8.67. The lowest BCUT2D eigenvalue weighted by Gasteiger charge is -2.56. The molecule has 7 atom stereocenters. The van der Waals surface area contributed by atoms with E-state index in [0.717, 1.165) is 32.1 Å². The third kappa shape index (κ3) is 2.10. The molecule has 0 heterocycles. The number of ketones is 1. The molecule has 3 fully saturated rings. The molecule has 0 radical (unpaired) electrons. The van der Waals surface area contributed by atoms with Crippen LogP contribution >= 0.6 is 0 Å². The predicted octanol–water partition coefficient (Wildman–Crippen LogP) is 5.07. The van der Waals surface area contributed by atoms with Crippen LogP contribution in [0, 0.1) is 52.3 Å². The molecule has 0 amide bonds. The van der Waals surface area contributed by atoms with E-state index in [-0.39, 0.29) is 11.3 Å². The summed E-state index contributed by atoms with van der Waals surface area (Å²) in [6.45, 7) is 6.46. The number of hydrogen-bond donors (Lipinski definition) is 0. The summed E-state index contributed by atoms with van der Waals surface area (Å²) < 4.78 is 0. The molecule has 2 heteroatoms. The van der Waals surface area contributed by atoms with Crippen LogP contribution < -0.4 is 0 Å². The van der Waals surface area contributed by atoms with Gasteiger partial charge in [0.1, 0.15) is 0 Å². The fourth-order valence-electron chi connectivity index (χ4n) is 7.22. The maximum Gasteiger partial charge on any atom is 0.155 e. The van der Waals surface area contributed by atoms with E-state index in [1.165, 1.54) is 24.8 Å². The van der Waals surface area contributed by atoms with Gasteiger partial charge in [0.05, 0.1) is 12.0 Å². The van der Waals surface area contributed by atoms with Crippen LogP contribution in [-0.2, 0) is 4.79 Å². The van der Waals surface area contributed by atoms with Crippen molar-refractivity contribution >= 4 is 5.78 Å². The third-order valence-corrected chi connectivity index (χ3v) is 8.22. The zero-order valence-corrected chi connectivity index (χ0v) is 14.8. The molecule has 0 aromatic heterocycles. The second kappa shape index (κ2) is 5.87. The van der Waals surface area contributed by atoms with Gasteiger partial charge in [0.15, 0.2) is 5.78 Å². The summed E-state index contributed by atoms with van der Waals surface area (Å²) in [5, 5.41) is 9.72. The molecule has 2 nitrogen and oxygen atoms in total. The molecule has 0 saturated heterocycles. The van der Waals surface area contributed by atoms with Crippen LogP contribution in [0.4, 0.5) is 0 Å². The van der Waals surface area contributed by atoms with Crippen LogP contribution in [0.25, 0.3) is 0 Å². The molecule has 0 aromatic rings. The van der Waals surface area contributed by atoms with Gasteiger partial charge >= 0.3 is 0 Å². The van der Waals surface area contributed by atoms with E-state index in [2.05, 4.69) is 25.6 Å². The maximum absolute atomic E-state index is 11.9. The minimum Gasteiger partial charge on any atom is -0.295 e. The average molecular weight is 323 g/mol. The van der Waals surface area contributed by atoms with Crippen molar-refractivity contribution in [1.29, 1.82) is 5.26 Å². The highest BCUT2D eigenvalue weighted by molar-refractivity contribution is 5.91. The molecule has 0 spiro atoms. The Morgan fingerprint density at radius 3 is 2.92 bits per heavy atom. The van der Waals surface area contributed by atoms with Gasteiger partial charge < -0.3 is 0 Å². The highest BCUT2D eigenvalue weighted by Gasteiger charge is 2.59. The fraction of sp³-hybridized carbons (Fsp3) is 0.727. The van der Waals surface area contributed by atoms with Crippen LogP contribution in [0.1, 0.15) is 58.3 Å². The number of allylic oxidation sites excluding steroid dienone is 2. The fourth-order valence-corrected chi connectivity index (χ4v) is 7.22. The first-order valence-electron chi connectivity index (χ1n) is 9.90. The summed E-state index contributed by atoms with van der Waals surface area (Å²) in [7, 11) is 0. The van der Waals surface area contributed by atoms with Gasteiger partial charge in [-0.1, -0.05) is 18.6 Å². The maximum atomic E-state index is 11.9. The Morgan fingerprint density at radius 2 is 2.21 bits per heavy atom. The van der Waals surface area contributed by atoms with E-state index in [9.17, 15) is 10.1 Å². The summed E-state index contributed by atoms with van der Waals surface area (Å²) in [4.78, 5) is 11.9. The molecule has 24 heavy (non-hydrogen) atoms. The van der Waals surface area contributed by atoms with Crippen molar-refractivity contribution < 1.29 is 4.79 Å². The van der Waals surface area contributed by atoms with E-state index in [1.54, 1.807) is 0 Å². The first-order valence-corrected chi connectivity index (χ1v) is 9.90. The van der Waals surface area contributed by atoms with Gasteiger partial charge in [0.25, 0.3) is 0 Å². The molecule has 4 aliphatic carbocycles. The molecule has 128 valence electrons. The Morgan fingerprint density at radius 1 is 1.38 bits per heavy atom. The lowest BCUT2D eigenvalue weighted by molar-refractivity contribution is -0.116. The summed E-state index contributed by atoms with van der Waals surface area (Å²) in [5.74, 6) is 3.79. The van der Waals surface area contributed by atoms with Crippen LogP contribution in [0.5, 0.6) is 0 Å². The second-order valence-electron chi connectivity index (χ2n) is 8.67. The van der Waals surface area contributed by atoms with E-state index in [1.807, 2.05) is 6.08 Å². The summed E-state index contributed by atoms with van der Waals surface area (Å²) in [6, 6.07) is 2.66. The zero-order chi connectivity index (χ0) is 16.9. The van der Waals surface area contributed by atoms with Crippen LogP contribution in [0.3, 0.4) is 0 Å². The molecular weight excluding hydrogens is 294 g/mol. The Balaban J connectivity index is 1.72. The molecule has 0 aliphatic heterocycles. The van der Waals surface area contributed by atoms with Crippen molar-refractivity contribution in [2.45, 2.75) is 58.3 Å². The Labute approximate surface area is 146 Å². The molecular formula is C22H29NO. The van der Waals surface area contributed by atoms with Crippen molar-refractivity contribution in [3.8, 4) is 6.07 Å². The standard InChI is InChI=1S/C22H29NO/c1-3-14-11-15-12-17(24)6-7-18(15)19-9-10-22(4-2)16(13-23)5-8-20(22)21(14)19/h3,12,14,16,18-21H,1,4-11H2,2H3/t14-,16?,18+,19-,20+,21-,22-/m1/s1. The zero-order valence-electron chi connectivity index (χ0n) is 14.8.